The van der Waals surface area contributed by atoms with Gasteiger partial charge in [0.15, 0.2) is 0 Å². The van der Waals surface area contributed by atoms with E-state index in [0.717, 1.165) is 11.6 Å². The van der Waals surface area contributed by atoms with Crippen LogP contribution >= 0.6 is 0 Å². The van der Waals surface area contributed by atoms with Gasteiger partial charge >= 0.3 is 0 Å². The Kier molecular flexibility index (Phi) is 5.06. The summed E-state index contributed by atoms with van der Waals surface area (Å²) in [6.45, 7) is 3.26. The fourth-order valence-corrected chi connectivity index (χ4v) is 3.51. The predicted octanol–water partition coefficient (Wildman–Crippen LogP) is 2.25. The molecule has 0 atom stereocenters. The number of carbonyl (C=O) groups is 1. The molecule has 0 bridgehead atoms. The maximum Gasteiger partial charge on any atom is 0.266 e. The third-order valence-corrected chi connectivity index (χ3v) is 5.10. The van der Waals surface area contributed by atoms with E-state index >= 15 is 0 Å². The number of aryl methyl sites for hydroxylation is 2. The number of hydrogen-bond donors (Lipinski definition) is 2. The zero-order chi connectivity index (χ0) is 19.6. The van der Waals surface area contributed by atoms with Crippen LogP contribution in [0.25, 0.3) is 5.69 Å². The summed E-state index contributed by atoms with van der Waals surface area (Å²) in [6.07, 6.45) is 3.33. The van der Waals surface area contributed by atoms with Gasteiger partial charge in [-0.2, -0.15) is 5.10 Å². The number of rotatable bonds is 5. The Morgan fingerprint density at radius 2 is 1.93 bits per heavy atom. The quantitative estimate of drug-likeness (QED) is 0.656. The van der Waals surface area contributed by atoms with E-state index in [1.54, 1.807) is 42.2 Å². The van der Waals surface area contributed by atoms with Crippen LogP contribution in [0.2, 0.25) is 0 Å². The SMILES string of the molecule is Cc1cc(C(=O)NNS(=O)(=O)c2cccc(C)c2F)cc(-n2cccn2)c1. The van der Waals surface area contributed by atoms with Crippen molar-refractivity contribution < 1.29 is 17.6 Å². The molecule has 1 heterocycles. The zero-order valence-electron chi connectivity index (χ0n) is 14.6. The van der Waals surface area contributed by atoms with E-state index in [0.29, 0.717) is 5.69 Å². The molecule has 0 spiro atoms. The fourth-order valence-electron chi connectivity index (χ4n) is 2.52. The minimum Gasteiger partial charge on any atom is -0.273 e. The molecule has 0 fully saturated rings. The first-order chi connectivity index (χ1) is 12.8. The third kappa shape index (κ3) is 4.04. The number of amides is 1. The average molecular weight is 388 g/mol. The molecule has 0 aliphatic carbocycles. The Bertz CT molecular complexity index is 1100. The lowest BCUT2D eigenvalue weighted by atomic mass is 10.1. The molecule has 27 heavy (non-hydrogen) atoms. The maximum absolute atomic E-state index is 14.1. The second-order valence-electron chi connectivity index (χ2n) is 5.95. The number of hydrogen-bond acceptors (Lipinski definition) is 4. The van der Waals surface area contributed by atoms with E-state index in [1.165, 1.54) is 19.1 Å². The summed E-state index contributed by atoms with van der Waals surface area (Å²) >= 11 is 0. The minimum absolute atomic E-state index is 0.187. The lowest BCUT2D eigenvalue weighted by Gasteiger charge is -2.11. The fraction of sp³-hybridized carbons (Fsp3) is 0.111. The van der Waals surface area contributed by atoms with Crippen molar-refractivity contribution in [3.8, 4) is 5.69 Å². The molecule has 1 amide bonds. The van der Waals surface area contributed by atoms with Gasteiger partial charge < -0.3 is 0 Å². The lowest BCUT2D eigenvalue weighted by molar-refractivity contribution is 0.0945. The summed E-state index contributed by atoms with van der Waals surface area (Å²) in [5, 5.41) is 4.10. The summed E-state index contributed by atoms with van der Waals surface area (Å²) in [4.78, 5) is 13.8. The second kappa shape index (κ2) is 7.29. The molecule has 140 valence electrons. The topological polar surface area (TPSA) is 93.1 Å². The van der Waals surface area contributed by atoms with Crippen molar-refractivity contribution in [3.63, 3.8) is 0 Å². The predicted molar refractivity (Wildman–Crippen MR) is 97.2 cm³/mol. The summed E-state index contributed by atoms with van der Waals surface area (Å²) in [7, 11) is -4.25. The van der Waals surface area contributed by atoms with Crippen LogP contribution in [0.3, 0.4) is 0 Å². The van der Waals surface area contributed by atoms with Gasteiger partial charge in [0.25, 0.3) is 15.9 Å². The Balaban J connectivity index is 1.81. The van der Waals surface area contributed by atoms with E-state index in [-0.39, 0.29) is 11.1 Å². The van der Waals surface area contributed by atoms with E-state index < -0.39 is 26.6 Å². The highest BCUT2D eigenvalue weighted by molar-refractivity contribution is 7.89. The molecule has 0 radical (unpaired) electrons. The second-order valence-corrected chi connectivity index (χ2v) is 7.61. The Morgan fingerprint density at radius 1 is 1.15 bits per heavy atom. The van der Waals surface area contributed by atoms with Gasteiger partial charge in [0.2, 0.25) is 0 Å². The number of nitrogens with zero attached hydrogens (tertiary/aromatic N) is 2. The van der Waals surface area contributed by atoms with Gasteiger partial charge in [-0.1, -0.05) is 12.1 Å². The maximum atomic E-state index is 14.1. The van der Waals surface area contributed by atoms with Gasteiger partial charge in [-0.3, -0.25) is 10.2 Å². The van der Waals surface area contributed by atoms with Gasteiger partial charge in [0.1, 0.15) is 10.7 Å². The van der Waals surface area contributed by atoms with Crippen molar-refractivity contribution >= 4 is 15.9 Å². The standard InChI is InChI=1S/C18H17FN4O3S/c1-12-9-14(11-15(10-12)23-8-4-7-20-23)18(24)21-22-27(25,26)16-6-3-5-13(2)17(16)19/h3-11,22H,1-2H3,(H,21,24). The van der Waals surface area contributed by atoms with Gasteiger partial charge in [-0.25, -0.2) is 17.5 Å². The van der Waals surface area contributed by atoms with Crippen molar-refractivity contribution in [3.05, 3.63) is 77.4 Å². The zero-order valence-corrected chi connectivity index (χ0v) is 15.4. The summed E-state index contributed by atoms with van der Waals surface area (Å²) in [5.41, 5.74) is 3.97. The van der Waals surface area contributed by atoms with E-state index in [9.17, 15) is 17.6 Å². The van der Waals surface area contributed by atoms with Crippen LogP contribution in [0.4, 0.5) is 4.39 Å². The van der Waals surface area contributed by atoms with E-state index in [1.807, 2.05) is 10.9 Å². The van der Waals surface area contributed by atoms with Gasteiger partial charge in [0.05, 0.1) is 5.69 Å². The van der Waals surface area contributed by atoms with Crippen LogP contribution in [-0.2, 0) is 10.0 Å². The molecule has 0 saturated heterocycles. The molecule has 9 heteroatoms. The Morgan fingerprint density at radius 3 is 2.63 bits per heavy atom. The number of nitrogens with one attached hydrogen (secondary N) is 2. The first kappa shape index (κ1) is 18.7. The molecule has 3 rings (SSSR count). The first-order valence-corrected chi connectivity index (χ1v) is 9.45. The van der Waals surface area contributed by atoms with Crippen LogP contribution in [0.1, 0.15) is 21.5 Å². The van der Waals surface area contributed by atoms with Crippen molar-refractivity contribution in [1.82, 2.24) is 20.0 Å². The molecule has 3 aromatic rings. The highest BCUT2D eigenvalue weighted by atomic mass is 32.2. The smallest absolute Gasteiger partial charge is 0.266 e. The van der Waals surface area contributed by atoms with Crippen molar-refractivity contribution in [1.29, 1.82) is 0 Å². The summed E-state index contributed by atoms with van der Waals surface area (Å²) in [5.74, 6) is -1.54. The molecular weight excluding hydrogens is 371 g/mol. The molecule has 1 aromatic heterocycles. The van der Waals surface area contributed by atoms with Crippen LogP contribution in [-0.4, -0.2) is 24.1 Å². The number of aromatic nitrogens is 2. The third-order valence-electron chi connectivity index (χ3n) is 3.84. The summed E-state index contributed by atoms with van der Waals surface area (Å²) < 4.78 is 40.2. The van der Waals surface area contributed by atoms with Crippen LogP contribution in [0, 0.1) is 19.7 Å². The van der Waals surface area contributed by atoms with E-state index in [2.05, 4.69) is 10.5 Å². The molecule has 0 unspecified atom stereocenters. The number of sulfonamides is 1. The highest BCUT2D eigenvalue weighted by Gasteiger charge is 2.21. The van der Waals surface area contributed by atoms with Crippen LogP contribution in [0.15, 0.2) is 59.8 Å². The molecule has 0 aliphatic heterocycles. The largest absolute Gasteiger partial charge is 0.273 e. The minimum atomic E-state index is -4.25. The van der Waals surface area contributed by atoms with Crippen molar-refractivity contribution in [2.75, 3.05) is 0 Å². The highest BCUT2D eigenvalue weighted by Crippen LogP contribution is 2.17. The van der Waals surface area contributed by atoms with Crippen LogP contribution < -0.4 is 10.3 Å². The molecule has 7 nitrogen and oxygen atoms in total. The molecule has 0 saturated carbocycles. The van der Waals surface area contributed by atoms with Gasteiger partial charge in [0, 0.05) is 18.0 Å². The van der Waals surface area contributed by atoms with Crippen molar-refractivity contribution in [2.24, 2.45) is 0 Å². The number of carbonyl (C=O) groups excluding carboxylic acids is 1. The Labute approximate surface area is 155 Å². The van der Waals surface area contributed by atoms with Crippen LogP contribution in [0.5, 0.6) is 0 Å². The molecule has 0 aliphatic rings. The van der Waals surface area contributed by atoms with E-state index in [4.69, 9.17) is 0 Å². The summed E-state index contributed by atoms with van der Waals surface area (Å²) in [6, 6.07) is 10.7. The Hall–Kier alpha value is -3.04. The first-order valence-electron chi connectivity index (χ1n) is 7.97. The van der Waals surface area contributed by atoms with Gasteiger partial charge in [-0.15, -0.1) is 4.83 Å². The normalized spacial score (nSPS) is 11.4. The average Bonchev–Trinajstić information content (AvgIpc) is 3.16. The number of benzene rings is 2. The van der Waals surface area contributed by atoms with Gasteiger partial charge in [-0.05, 0) is 55.3 Å². The molecule has 2 N–H and O–H groups in total. The number of halogens is 1. The lowest BCUT2D eigenvalue weighted by Crippen LogP contribution is -2.41. The number of hydrazine groups is 1. The van der Waals surface area contributed by atoms with Crippen molar-refractivity contribution in [2.45, 2.75) is 18.7 Å². The molecular formula is C18H17FN4O3S. The monoisotopic (exact) mass is 388 g/mol. The molecule has 2 aromatic carbocycles.